The summed E-state index contributed by atoms with van der Waals surface area (Å²) in [5.41, 5.74) is 3.40. The average Bonchev–Trinajstić information content (AvgIpc) is 3.09. The van der Waals surface area contributed by atoms with Crippen molar-refractivity contribution in [2.45, 2.75) is 32.7 Å². The average molecular weight is 406 g/mol. The van der Waals surface area contributed by atoms with Crippen molar-refractivity contribution in [2.75, 3.05) is 19.7 Å². The van der Waals surface area contributed by atoms with Gasteiger partial charge >= 0.3 is 6.09 Å². The highest BCUT2D eigenvalue weighted by Crippen LogP contribution is 2.22. The van der Waals surface area contributed by atoms with Crippen molar-refractivity contribution >= 4 is 23.0 Å². The number of fused-ring (bicyclic) bond motifs is 1. The van der Waals surface area contributed by atoms with E-state index >= 15 is 0 Å². The van der Waals surface area contributed by atoms with E-state index in [-0.39, 0.29) is 18.0 Å². The van der Waals surface area contributed by atoms with Crippen molar-refractivity contribution in [1.82, 2.24) is 19.8 Å². The zero-order valence-electron chi connectivity index (χ0n) is 17.3. The largest absolute Gasteiger partial charge is 0.450 e. The normalized spacial score (nSPS) is 14.7. The predicted octanol–water partition coefficient (Wildman–Crippen LogP) is 3.68. The second-order valence-corrected chi connectivity index (χ2v) is 7.47. The fourth-order valence-electron chi connectivity index (χ4n) is 3.93. The fourth-order valence-corrected chi connectivity index (χ4v) is 3.93. The number of hydrogen-bond donors (Lipinski definition) is 1. The van der Waals surface area contributed by atoms with Gasteiger partial charge in [0.05, 0.1) is 17.6 Å². The minimum absolute atomic E-state index is 0.0440. The molecular weight excluding hydrogens is 380 g/mol. The molecule has 0 atom stereocenters. The van der Waals surface area contributed by atoms with Crippen LogP contribution < -0.4 is 5.32 Å². The number of carbonyl (C=O) groups is 2. The number of nitrogens with one attached hydrogen (secondary N) is 1. The van der Waals surface area contributed by atoms with Gasteiger partial charge in [0, 0.05) is 30.4 Å². The van der Waals surface area contributed by atoms with Gasteiger partial charge in [-0.25, -0.2) is 9.78 Å². The number of nitrogens with zero attached hydrogens (tertiary/aromatic N) is 3. The molecule has 1 aliphatic rings. The van der Waals surface area contributed by atoms with Gasteiger partial charge in [0.15, 0.2) is 0 Å². The Hall–Kier alpha value is -3.35. The van der Waals surface area contributed by atoms with Crippen LogP contribution in [-0.4, -0.2) is 52.2 Å². The summed E-state index contributed by atoms with van der Waals surface area (Å²) in [7, 11) is 0. The Labute approximate surface area is 175 Å². The number of hydrogen-bond acceptors (Lipinski definition) is 4. The van der Waals surface area contributed by atoms with Crippen LogP contribution in [0.3, 0.4) is 0 Å². The lowest BCUT2D eigenvalue weighted by Gasteiger charge is -2.31. The molecular formula is C23H26N4O3. The molecule has 1 fully saturated rings. The number of piperidine rings is 1. The summed E-state index contributed by atoms with van der Waals surface area (Å²) in [5, 5.41) is 3.09. The van der Waals surface area contributed by atoms with Crippen LogP contribution in [0, 0.1) is 6.92 Å². The van der Waals surface area contributed by atoms with Crippen molar-refractivity contribution < 1.29 is 14.3 Å². The first-order valence-electron chi connectivity index (χ1n) is 10.3. The maximum absolute atomic E-state index is 12.8. The number of carbonyl (C=O) groups excluding carboxylic acids is 2. The highest BCUT2D eigenvalue weighted by atomic mass is 16.6. The maximum Gasteiger partial charge on any atom is 0.409 e. The summed E-state index contributed by atoms with van der Waals surface area (Å²) in [4.78, 5) is 30.9. The number of para-hydroxylation sites is 1. The van der Waals surface area contributed by atoms with Crippen LogP contribution in [0.1, 0.15) is 35.9 Å². The molecule has 0 unspecified atom stereocenters. The zero-order valence-corrected chi connectivity index (χ0v) is 17.3. The Morgan fingerprint density at radius 2 is 1.87 bits per heavy atom. The number of imidazole rings is 1. The quantitative estimate of drug-likeness (QED) is 0.717. The predicted molar refractivity (Wildman–Crippen MR) is 115 cm³/mol. The molecule has 0 bridgehead atoms. The standard InChI is InChI=1S/C23H26N4O3/c1-3-30-23(29)26-13-11-18(12-14-26)25-22(28)17-9-10-21-20(15-17)24-16(2)27(21)19-7-5-4-6-8-19/h4-10,15,18H,3,11-14H2,1-2H3,(H,25,28). The number of aryl methyl sites for hydroxylation is 1. The molecule has 2 aromatic carbocycles. The number of rotatable bonds is 4. The molecule has 1 saturated heterocycles. The first-order valence-corrected chi connectivity index (χ1v) is 10.3. The lowest BCUT2D eigenvalue weighted by molar-refractivity contribution is 0.0860. The molecule has 0 aliphatic carbocycles. The number of ether oxygens (including phenoxy) is 1. The number of likely N-dealkylation sites (tertiary alicyclic amines) is 1. The van der Waals surface area contributed by atoms with Crippen molar-refractivity contribution in [2.24, 2.45) is 0 Å². The maximum atomic E-state index is 12.8. The summed E-state index contributed by atoms with van der Waals surface area (Å²) in [6.45, 7) is 5.31. The van der Waals surface area contributed by atoms with Crippen molar-refractivity contribution in [1.29, 1.82) is 0 Å². The summed E-state index contributed by atoms with van der Waals surface area (Å²) in [5.74, 6) is 0.762. The molecule has 7 nitrogen and oxygen atoms in total. The molecule has 3 aromatic rings. The zero-order chi connectivity index (χ0) is 21.1. The summed E-state index contributed by atoms with van der Waals surface area (Å²) < 4.78 is 7.13. The summed E-state index contributed by atoms with van der Waals surface area (Å²) in [6, 6.07) is 15.7. The lowest BCUT2D eigenvalue weighted by atomic mass is 10.0. The van der Waals surface area contributed by atoms with Gasteiger partial charge in [0.2, 0.25) is 0 Å². The van der Waals surface area contributed by atoms with E-state index in [9.17, 15) is 9.59 Å². The van der Waals surface area contributed by atoms with Crippen molar-refractivity contribution in [3.05, 3.63) is 59.9 Å². The number of amides is 2. The van der Waals surface area contributed by atoms with E-state index < -0.39 is 0 Å². The monoisotopic (exact) mass is 406 g/mol. The molecule has 1 aromatic heterocycles. The van der Waals surface area contributed by atoms with Gasteiger partial charge in [-0.2, -0.15) is 0 Å². The van der Waals surface area contributed by atoms with Gasteiger partial charge < -0.3 is 15.0 Å². The van der Waals surface area contributed by atoms with Crippen LogP contribution in [-0.2, 0) is 4.74 Å². The van der Waals surface area contributed by atoms with Crippen LogP contribution in [0.25, 0.3) is 16.7 Å². The molecule has 1 aliphatic heterocycles. The first-order chi connectivity index (χ1) is 14.6. The minimum Gasteiger partial charge on any atom is -0.450 e. The summed E-state index contributed by atoms with van der Waals surface area (Å²) >= 11 is 0. The molecule has 0 saturated carbocycles. The summed E-state index contributed by atoms with van der Waals surface area (Å²) in [6.07, 6.45) is 1.15. The van der Waals surface area contributed by atoms with Crippen LogP contribution in [0.4, 0.5) is 4.79 Å². The lowest BCUT2D eigenvalue weighted by Crippen LogP contribution is -2.46. The highest BCUT2D eigenvalue weighted by Gasteiger charge is 2.25. The van der Waals surface area contributed by atoms with Gasteiger partial charge in [-0.3, -0.25) is 9.36 Å². The Balaban J connectivity index is 1.45. The van der Waals surface area contributed by atoms with Gasteiger partial charge in [-0.1, -0.05) is 18.2 Å². The van der Waals surface area contributed by atoms with E-state index in [1.165, 1.54) is 0 Å². The molecule has 30 heavy (non-hydrogen) atoms. The molecule has 0 spiro atoms. The Kier molecular flexibility index (Phi) is 5.70. The third-order valence-electron chi connectivity index (χ3n) is 5.45. The molecule has 0 radical (unpaired) electrons. The number of aromatic nitrogens is 2. The second-order valence-electron chi connectivity index (χ2n) is 7.47. The molecule has 1 N–H and O–H groups in total. The van der Waals surface area contributed by atoms with Gasteiger partial charge in [0.1, 0.15) is 5.82 Å². The first kappa shape index (κ1) is 19.9. The fraction of sp³-hybridized carbons (Fsp3) is 0.348. The van der Waals surface area contributed by atoms with E-state index in [0.717, 1.165) is 22.5 Å². The molecule has 4 rings (SSSR count). The molecule has 2 amide bonds. The molecule has 7 heteroatoms. The SMILES string of the molecule is CCOC(=O)N1CCC(NC(=O)c2ccc3c(c2)nc(C)n3-c2ccccc2)CC1. The van der Waals surface area contributed by atoms with Crippen LogP contribution in [0.15, 0.2) is 48.5 Å². The Morgan fingerprint density at radius 1 is 1.13 bits per heavy atom. The van der Waals surface area contributed by atoms with E-state index in [2.05, 4.69) is 14.9 Å². The van der Waals surface area contributed by atoms with Gasteiger partial charge in [-0.15, -0.1) is 0 Å². The highest BCUT2D eigenvalue weighted by molar-refractivity contribution is 5.97. The van der Waals surface area contributed by atoms with Crippen LogP contribution in [0.5, 0.6) is 0 Å². The molecule has 156 valence electrons. The van der Waals surface area contributed by atoms with E-state index in [4.69, 9.17) is 4.74 Å². The Morgan fingerprint density at radius 3 is 2.57 bits per heavy atom. The van der Waals surface area contributed by atoms with E-state index in [1.54, 1.807) is 11.8 Å². The number of benzene rings is 2. The van der Waals surface area contributed by atoms with Crippen molar-refractivity contribution in [3.63, 3.8) is 0 Å². The van der Waals surface area contributed by atoms with Gasteiger partial charge in [0.25, 0.3) is 5.91 Å². The van der Waals surface area contributed by atoms with Crippen LogP contribution >= 0.6 is 0 Å². The Bertz CT molecular complexity index is 1050. The second kappa shape index (κ2) is 8.57. The minimum atomic E-state index is -0.280. The van der Waals surface area contributed by atoms with Crippen molar-refractivity contribution in [3.8, 4) is 5.69 Å². The third-order valence-corrected chi connectivity index (χ3v) is 5.45. The van der Waals surface area contributed by atoms with E-state index in [0.29, 0.717) is 38.1 Å². The van der Waals surface area contributed by atoms with Gasteiger partial charge in [-0.05, 0) is 57.0 Å². The topological polar surface area (TPSA) is 76.5 Å². The molecule has 2 heterocycles. The van der Waals surface area contributed by atoms with Crippen LogP contribution in [0.2, 0.25) is 0 Å². The smallest absolute Gasteiger partial charge is 0.409 e. The van der Waals surface area contributed by atoms with E-state index in [1.807, 2.05) is 55.5 Å². The third kappa shape index (κ3) is 4.01.